The molecule has 16 rings (SSSR count). The molecular formula is C78H50N8. The van der Waals surface area contributed by atoms with E-state index in [1.54, 1.807) is 6.20 Å². The van der Waals surface area contributed by atoms with E-state index in [9.17, 15) is 15.8 Å². The van der Waals surface area contributed by atoms with E-state index in [0.29, 0.717) is 33.5 Å². The van der Waals surface area contributed by atoms with E-state index in [1.165, 1.54) is 43.8 Å². The smallest absolute Gasteiger partial charge is 0.101 e. The Morgan fingerprint density at radius 2 is 0.663 bits per heavy atom. The van der Waals surface area contributed by atoms with Crippen LogP contribution >= 0.6 is 0 Å². The summed E-state index contributed by atoms with van der Waals surface area (Å²) in [5.74, 6) is 0. The van der Waals surface area contributed by atoms with E-state index >= 15 is 0 Å². The Labute approximate surface area is 495 Å². The fraction of sp³-hybridized carbons (Fsp3) is 0.0513. The molecule has 0 aliphatic carbocycles. The molecule has 0 N–H and O–H groups in total. The number of benzene rings is 11. The van der Waals surface area contributed by atoms with Crippen molar-refractivity contribution in [3.8, 4) is 74.5 Å². The van der Waals surface area contributed by atoms with Crippen molar-refractivity contribution < 1.29 is 0 Å². The Hall–Kier alpha value is -11.8. The van der Waals surface area contributed by atoms with E-state index in [1.807, 2.05) is 60.7 Å². The molecule has 0 aliphatic heterocycles. The third-order valence-corrected chi connectivity index (χ3v) is 17.5. The number of para-hydroxylation sites is 2. The van der Waals surface area contributed by atoms with Gasteiger partial charge in [0.05, 0.1) is 90.0 Å². The Bertz CT molecular complexity index is 5590. The van der Waals surface area contributed by atoms with Crippen LogP contribution in [0.1, 0.15) is 38.9 Å². The van der Waals surface area contributed by atoms with E-state index in [2.05, 4.69) is 228 Å². The fourth-order valence-corrected chi connectivity index (χ4v) is 13.8. The lowest BCUT2D eigenvalue weighted by Crippen LogP contribution is -2.12. The maximum Gasteiger partial charge on any atom is 0.101 e. The number of fused-ring (bicyclic) bond motifs is 12. The second kappa shape index (κ2) is 19.2. The average molecular weight is 1100 g/mol. The van der Waals surface area contributed by atoms with Crippen molar-refractivity contribution in [2.24, 2.45) is 0 Å². The van der Waals surface area contributed by atoms with Crippen molar-refractivity contribution in [3.05, 3.63) is 270 Å². The summed E-state index contributed by atoms with van der Waals surface area (Å²) < 4.78 is 9.35. The Kier molecular flexibility index (Phi) is 11.1. The number of nitriles is 3. The van der Waals surface area contributed by atoms with E-state index in [-0.39, 0.29) is 0 Å². The summed E-state index contributed by atoms with van der Waals surface area (Å²) in [5.41, 5.74) is 22.3. The van der Waals surface area contributed by atoms with Crippen LogP contribution in [0.3, 0.4) is 0 Å². The largest absolute Gasteiger partial charge is 0.309 e. The molecule has 402 valence electrons. The maximum atomic E-state index is 12.5. The minimum atomic E-state index is 0.442. The van der Waals surface area contributed by atoms with Gasteiger partial charge in [-0.3, -0.25) is 4.98 Å². The highest BCUT2D eigenvalue weighted by molar-refractivity contribution is 6.16. The van der Waals surface area contributed by atoms with Crippen LogP contribution in [-0.4, -0.2) is 23.3 Å². The first-order chi connectivity index (χ1) is 42.2. The zero-order chi connectivity index (χ0) is 58.1. The Morgan fingerprint density at radius 3 is 1.07 bits per heavy atom. The van der Waals surface area contributed by atoms with Gasteiger partial charge in [-0.15, -0.1) is 0 Å². The molecule has 5 heterocycles. The molecule has 0 radical (unpaired) electrons. The lowest BCUT2D eigenvalue weighted by molar-refractivity contribution is 1.09. The van der Waals surface area contributed by atoms with Crippen LogP contribution in [0.15, 0.2) is 231 Å². The summed E-state index contributed by atoms with van der Waals surface area (Å²) in [5, 5.41) is 41.9. The topological polar surface area (TPSA) is 104 Å². The summed E-state index contributed by atoms with van der Waals surface area (Å²) in [6, 6.07) is 86.4. The van der Waals surface area contributed by atoms with Gasteiger partial charge in [0.15, 0.2) is 0 Å². The van der Waals surface area contributed by atoms with E-state index < -0.39 is 0 Å². The van der Waals surface area contributed by atoms with Gasteiger partial charge in [0.25, 0.3) is 0 Å². The van der Waals surface area contributed by atoms with Gasteiger partial charge in [-0.05, 0) is 172 Å². The summed E-state index contributed by atoms with van der Waals surface area (Å²) in [7, 11) is 0. The van der Waals surface area contributed by atoms with Gasteiger partial charge in [-0.25, -0.2) is 0 Å². The maximum absolute atomic E-state index is 12.5. The van der Waals surface area contributed by atoms with Gasteiger partial charge in [0, 0.05) is 77.4 Å². The third-order valence-electron chi connectivity index (χ3n) is 17.5. The van der Waals surface area contributed by atoms with Crippen LogP contribution in [0.2, 0.25) is 0 Å². The van der Waals surface area contributed by atoms with E-state index in [4.69, 9.17) is 4.98 Å². The minimum absolute atomic E-state index is 0.442. The number of nitrogens with zero attached hydrogens (tertiary/aromatic N) is 8. The standard InChI is InChI=1S/C78H50N8/c1-46-16-30-68-58(37-46)59-38-47(2)17-31-69(59)83(68)54-26-22-52(23-27-54)74-64(45-81)76(65-13-9-10-36-82-65)75(53-24-28-55(29-25-53)84-70-32-18-48(3)39-60(70)61-40-49(4)19-33-71(61)84)78(86-67-15-8-6-12-57(67)63-42-51(44-80)21-35-73(63)86)77(74)85-66-14-7-5-11-56(66)62-41-50(43-79)20-34-72(62)85/h5-42H,1-4H3. The zero-order valence-corrected chi connectivity index (χ0v) is 47.5. The molecule has 0 unspecified atom stereocenters. The number of aryl methyl sites for hydroxylation is 4. The molecule has 8 heteroatoms. The van der Waals surface area contributed by atoms with E-state index in [0.717, 1.165) is 105 Å². The SMILES string of the molecule is Cc1ccc2c(c1)c1cc(C)ccc1n2-c1ccc(-c2c(C#N)c(-c3ccccn3)c(-c3ccc(-n4c5ccc(C)cc5c5cc(C)ccc54)cc3)c(-n3c4ccccc4c4cc(C#N)ccc43)c2-n2c3ccccc3c3cc(C#N)ccc32)cc1. The Balaban J connectivity index is 1.09. The summed E-state index contributed by atoms with van der Waals surface area (Å²) in [6.07, 6.45) is 1.80. The number of aromatic nitrogens is 5. The number of hydrogen-bond acceptors (Lipinski definition) is 4. The number of pyridine rings is 1. The van der Waals surface area contributed by atoms with Gasteiger partial charge < -0.3 is 18.3 Å². The molecule has 0 saturated carbocycles. The first kappa shape index (κ1) is 50.0. The number of hydrogen-bond donors (Lipinski definition) is 0. The molecule has 0 aliphatic rings. The highest BCUT2D eigenvalue weighted by Crippen LogP contribution is 2.52. The normalized spacial score (nSPS) is 11.7. The second-order valence-corrected chi connectivity index (χ2v) is 22.8. The highest BCUT2D eigenvalue weighted by Gasteiger charge is 2.33. The lowest BCUT2D eigenvalue weighted by Gasteiger charge is -2.28. The molecule has 0 amide bonds. The van der Waals surface area contributed by atoms with Crippen molar-refractivity contribution in [2.45, 2.75) is 27.7 Å². The van der Waals surface area contributed by atoms with Crippen molar-refractivity contribution in [1.29, 1.82) is 15.8 Å². The molecule has 0 spiro atoms. The molecular weight excluding hydrogens is 1050 g/mol. The molecule has 8 nitrogen and oxygen atoms in total. The Morgan fingerprint density at radius 1 is 0.302 bits per heavy atom. The lowest BCUT2D eigenvalue weighted by atomic mass is 9.84. The van der Waals surface area contributed by atoms with Gasteiger partial charge in [0.1, 0.15) is 6.07 Å². The van der Waals surface area contributed by atoms with Gasteiger partial charge in [-0.2, -0.15) is 15.8 Å². The van der Waals surface area contributed by atoms with Gasteiger partial charge in [-0.1, -0.05) is 113 Å². The van der Waals surface area contributed by atoms with Crippen LogP contribution in [0, 0.1) is 61.7 Å². The third kappa shape index (κ3) is 7.42. The summed E-state index contributed by atoms with van der Waals surface area (Å²) in [6.45, 7) is 8.57. The minimum Gasteiger partial charge on any atom is -0.309 e. The van der Waals surface area contributed by atoms with Gasteiger partial charge in [0.2, 0.25) is 0 Å². The first-order valence-corrected chi connectivity index (χ1v) is 28.9. The molecule has 0 fully saturated rings. The predicted octanol–water partition coefficient (Wildman–Crippen LogP) is 19.3. The first-order valence-electron chi connectivity index (χ1n) is 28.9. The highest BCUT2D eigenvalue weighted by atomic mass is 15.1. The van der Waals surface area contributed by atoms with Crippen molar-refractivity contribution in [1.82, 2.24) is 23.3 Å². The number of rotatable bonds is 7. The molecule has 86 heavy (non-hydrogen) atoms. The van der Waals surface area contributed by atoms with Crippen molar-refractivity contribution in [2.75, 3.05) is 0 Å². The van der Waals surface area contributed by atoms with Gasteiger partial charge >= 0.3 is 0 Å². The molecule has 0 bridgehead atoms. The average Bonchev–Trinajstić information content (AvgIpc) is 1.46. The molecule has 5 aromatic heterocycles. The molecule has 11 aromatic carbocycles. The van der Waals surface area contributed by atoms with Crippen LogP contribution in [0.5, 0.6) is 0 Å². The van der Waals surface area contributed by atoms with Crippen LogP contribution in [0.25, 0.3) is 143 Å². The predicted molar refractivity (Wildman–Crippen MR) is 351 cm³/mol. The van der Waals surface area contributed by atoms with Crippen molar-refractivity contribution >= 4 is 87.2 Å². The zero-order valence-electron chi connectivity index (χ0n) is 47.5. The molecule has 16 aromatic rings. The summed E-state index contributed by atoms with van der Waals surface area (Å²) in [4.78, 5) is 5.18. The second-order valence-electron chi connectivity index (χ2n) is 22.8. The quantitative estimate of drug-likeness (QED) is 0.159. The van der Waals surface area contributed by atoms with Crippen LogP contribution in [0.4, 0.5) is 0 Å². The monoisotopic (exact) mass is 1100 g/mol. The molecule has 0 saturated heterocycles. The fourth-order valence-electron chi connectivity index (χ4n) is 13.8. The molecule has 0 atom stereocenters. The van der Waals surface area contributed by atoms with Crippen LogP contribution < -0.4 is 0 Å². The van der Waals surface area contributed by atoms with Crippen LogP contribution in [-0.2, 0) is 0 Å². The van der Waals surface area contributed by atoms with Crippen molar-refractivity contribution in [3.63, 3.8) is 0 Å². The summed E-state index contributed by atoms with van der Waals surface area (Å²) >= 11 is 0.